The van der Waals surface area contributed by atoms with Crippen molar-refractivity contribution in [3.05, 3.63) is 58.6 Å². The van der Waals surface area contributed by atoms with E-state index in [2.05, 4.69) is 5.16 Å². The Balaban J connectivity index is 2.23. The van der Waals surface area contributed by atoms with Crippen molar-refractivity contribution in [3.8, 4) is 22.5 Å². The predicted octanol–water partition coefficient (Wildman–Crippen LogP) is 4.90. The molecule has 0 aliphatic carbocycles. The smallest absolute Gasteiger partial charge is 0.178 e. The lowest BCUT2D eigenvalue weighted by Crippen LogP contribution is -1.89. The minimum Gasteiger partial charge on any atom is -0.380 e. The van der Waals surface area contributed by atoms with Crippen molar-refractivity contribution in [2.45, 2.75) is 0 Å². The number of hydrogen-bond acceptors (Lipinski definition) is 3. The number of hydrogen-bond donors (Lipinski definition) is 1. The van der Waals surface area contributed by atoms with Crippen LogP contribution < -0.4 is 5.73 Å². The summed E-state index contributed by atoms with van der Waals surface area (Å²) in [6.45, 7) is 0. The molecule has 0 unspecified atom stereocenters. The van der Waals surface area contributed by atoms with E-state index in [4.69, 9.17) is 33.5 Å². The van der Waals surface area contributed by atoms with Crippen LogP contribution in [0.4, 0.5) is 5.82 Å². The van der Waals surface area contributed by atoms with Crippen LogP contribution >= 0.6 is 23.2 Å². The molecule has 5 heteroatoms. The summed E-state index contributed by atoms with van der Waals surface area (Å²) in [6.07, 6.45) is 0. The molecule has 0 bridgehead atoms. The Hall–Kier alpha value is -1.97. The average molecular weight is 305 g/mol. The highest BCUT2D eigenvalue weighted by atomic mass is 35.5. The normalized spacial score (nSPS) is 10.7. The zero-order chi connectivity index (χ0) is 14.1. The summed E-state index contributed by atoms with van der Waals surface area (Å²) in [5.74, 6) is 0.845. The summed E-state index contributed by atoms with van der Waals surface area (Å²) in [7, 11) is 0. The largest absolute Gasteiger partial charge is 0.380 e. The van der Waals surface area contributed by atoms with Crippen molar-refractivity contribution in [2.24, 2.45) is 0 Å². The molecule has 3 aromatic rings. The molecule has 0 fully saturated rings. The van der Waals surface area contributed by atoms with Crippen LogP contribution in [0.3, 0.4) is 0 Å². The van der Waals surface area contributed by atoms with E-state index < -0.39 is 0 Å². The Morgan fingerprint density at radius 3 is 2.55 bits per heavy atom. The second-order valence-electron chi connectivity index (χ2n) is 4.26. The van der Waals surface area contributed by atoms with Gasteiger partial charge in [-0.05, 0) is 29.8 Å². The first-order chi connectivity index (χ1) is 9.66. The van der Waals surface area contributed by atoms with Crippen molar-refractivity contribution in [1.29, 1.82) is 0 Å². The van der Waals surface area contributed by atoms with E-state index in [1.165, 1.54) is 0 Å². The Morgan fingerprint density at radius 2 is 1.80 bits per heavy atom. The van der Waals surface area contributed by atoms with Gasteiger partial charge in [-0.2, -0.15) is 0 Å². The number of benzene rings is 2. The molecule has 0 saturated carbocycles. The minimum absolute atomic E-state index is 0.308. The molecule has 0 spiro atoms. The third-order valence-electron chi connectivity index (χ3n) is 2.95. The lowest BCUT2D eigenvalue weighted by Gasteiger charge is -2.04. The van der Waals surface area contributed by atoms with E-state index in [-0.39, 0.29) is 0 Å². The van der Waals surface area contributed by atoms with Crippen molar-refractivity contribution >= 4 is 29.0 Å². The third-order valence-corrected chi connectivity index (χ3v) is 3.51. The number of rotatable bonds is 2. The van der Waals surface area contributed by atoms with E-state index >= 15 is 0 Å². The minimum atomic E-state index is 0.308. The Labute approximate surface area is 125 Å². The van der Waals surface area contributed by atoms with Gasteiger partial charge in [0.2, 0.25) is 0 Å². The standard InChI is InChI=1S/C15H10Cl2N2O/c16-10-5-3-4-9(8-10)13-14(20-19-15(13)18)11-6-1-2-7-12(11)17/h1-8H,(H2,18,19). The number of halogens is 2. The lowest BCUT2D eigenvalue weighted by molar-refractivity contribution is 0.436. The fourth-order valence-corrected chi connectivity index (χ4v) is 2.47. The van der Waals surface area contributed by atoms with Crippen molar-refractivity contribution in [2.75, 3.05) is 5.73 Å². The fourth-order valence-electron chi connectivity index (χ4n) is 2.05. The fraction of sp³-hybridized carbons (Fsp3) is 0. The first-order valence-corrected chi connectivity index (χ1v) is 6.68. The van der Waals surface area contributed by atoms with Gasteiger partial charge in [0, 0.05) is 10.6 Å². The van der Waals surface area contributed by atoms with Gasteiger partial charge in [0.25, 0.3) is 0 Å². The molecule has 2 aromatic carbocycles. The molecule has 0 atom stereocenters. The lowest BCUT2D eigenvalue weighted by atomic mass is 10.0. The van der Waals surface area contributed by atoms with Crippen LogP contribution in [0.5, 0.6) is 0 Å². The summed E-state index contributed by atoms with van der Waals surface area (Å²) in [5.41, 5.74) is 8.20. The molecule has 1 heterocycles. The maximum absolute atomic E-state index is 6.20. The van der Waals surface area contributed by atoms with Gasteiger partial charge in [0.15, 0.2) is 11.6 Å². The summed E-state index contributed by atoms with van der Waals surface area (Å²) < 4.78 is 5.35. The van der Waals surface area contributed by atoms with Crippen molar-refractivity contribution < 1.29 is 4.52 Å². The van der Waals surface area contributed by atoms with Crippen molar-refractivity contribution in [3.63, 3.8) is 0 Å². The van der Waals surface area contributed by atoms with Crippen LogP contribution in [0.25, 0.3) is 22.5 Å². The highest BCUT2D eigenvalue weighted by Gasteiger charge is 2.19. The topological polar surface area (TPSA) is 52.0 Å². The molecule has 100 valence electrons. The first-order valence-electron chi connectivity index (χ1n) is 5.93. The SMILES string of the molecule is Nc1noc(-c2ccccc2Cl)c1-c1cccc(Cl)c1. The summed E-state index contributed by atoms with van der Waals surface area (Å²) in [6, 6.07) is 14.7. The molecule has 0 aliphatic rings. The van der Waals surface area contributed by atoms with Crippen LogP contribution in [-0.2, 0) is 0 Å². The zero-order valence-electron chi connectivity index (χ0n) is 10.3. The van der Waals surface area contributed by atoms with Gasteiger partial charge >= 0.3 is 0 Å². The summed E-state index contributed by atoms with van der Waals surface area (Å²) in [4.78, 5) is 0. The Morgan fingerprint density at radius 1 is 1.00 bits per heavy atom. The maximum Gasteiger partial charge on any atom is 0.178 e. The molecule has 20 heavy (non-hydrogen) atoms. The maximum atomic E-state index is 6.20. The van der Waals surface area contributed by atoms with Crippen LogP contribution in [0.15, 0.2) is 53.1 Å². The molecule has 0 radical (unpaired) electrons. The van der Waals surface area contributed by atoms with E-state index in [0.717, 1.165) is 11.1 Å². The van der Waals surface area contributed by atoms with Gasteiger partial charge in [-0.15, -0.1) is 0 Å². The molecular weight excluding hydrogens is 295 g/mol. The number of aromatic nitrogens is 1. The van der Waals surface area contributed by atoms with Gasteiger partial charge in [-0.1, -0.05) is 52.6 Å². The Kier molecular flexibility index (Phi) is 3.38. The average Bonchev–Trinajstić information content (AvgIpc) is 2.81. The molecule has 2 N–H and O–H groups in total. The van der Waals surface area contributed by atoms with Crippen LogP contribution in [0.2, 0.25) is 10.0 Å². The quantitative estimate of drug-likeness (QED) is 0.732. The second-order valence-corrected chi connectivity index (χ2v) is 5.11. The van der Waals surface area contributed by atoms with E-state index in [1.807, 2.05) is 36.4 Å². The van der Waals surface area contributed by atoms with E-state index in [0.29, 0.717) is 27.2 Å². The highest BCUT2D eigenvalue weighted by Crippen LogP contribution is 2.39. The first kappa shape index (κ1) is 13.0. The number of nitrogen functional groups attached to an aromatic ring is 1. The predicted molar refractivity (Wildman–Crippen MR) is 81.8 cm³/mol. The molecule has 3 nitrogen and oxygen atoms in total. The van der Waals surface area contributed by atoms with Gasteiger partial charge < -0.3 is 10.3 Å². The highest BCUT2D eigenvalue weighted by molar-refractivity contribution is 6.33. The van der Waals surface area contributed by atoms with E-state index in [1.54, 1.807) is 12.1 Å². The van der Waals surface area contributed by atoms with Crippen LogP contribution in [0, 0.1) is 0 Å². The van der Waals surface area contributed by atoms with Gasteiger partial charge in [0.1, 0.15) is 0 Å². The second kappa shape index (κ2) is 5.19. The number of anilines is 1. The summed E-state index contributed by atoms with van der Waals surface area (Å²) >= 11 is 12.2. The van der Waals surface area contributed by atoms with Gasteiger partial charge in [-0.3, -0.25) is 0 Å². The number of nitrogens with two attached hydrogens (primary N) is 1. The van der Waals surface area contributed by atoms with E-state index in [9.17, 15) is 0 Å². The summed E-state index contributed by atoms with van der Waals surface area (Å²) in [5, 5.41) is 5.04. The Bertz CT molecular complexity index is 768. The van der Waals surface area contributed by atoms with Crippen molar-refractivity contribution in [1.82, 2.24) is 5.16 Å². The van der Waals surface area contributed by atoms with Gasteiger partial charge in [0.05, 0.1) is 10.6 Å². The molecule has 3 rings (SSSR count). The number of nitrogens with zero attached hydrogens (tertiary/aromatic N) is 1. The molecule has 1 aromatic heterocycles. The zero-order valence-corrected chi connectivity index (χ0v) is 11.8. The molecular formula is C15H10Cl2N2O. The molecule has 0 aliphatic heterocycles. The van der Waals surface area contributed by atoms with Crippen LogP contribution in [0.1, 0.15) is 0 Å². The monoisotopic (exact) mass is 304 g/mol. The van der Waals surface area contributed by atoms with Gasteiger partial charge in [-0.25, -0.2) is 0 Å². The molecule has 0 amide bonds. The molecule has 0 saturated heterocycles. The van der Waals surface area contributed by atoms with Crippen LogP contribution in [-0.4, -0.2) is 5.16 Å². The third kappa shape index (κ3) is 2.26.